The number of halogens is 2. The van der Waals surface area contributed by atoms with E-state index in [2.05, 4.69) is 5.32 Å². The van der Waals surface area contributed by atoms with Crippen molar-refractivity contribution in [1.82, 2.24) is 5.32 Å². The zero-order valence-electron chi connectivity index (χ0n) is 10.9. The van der Waals surface area contributed by atoms with Crippen LogP contribution in [0.4, 0.5) is 8.78 Å². The van der Waals surface area contributed by atoms with E-state index in [1.165, 1.54) is 0 Å². The number of hydrogen-bond acceptors (Lipinski definition) is 2. The summed E-state index contributed by atoms with van der Waals surface area (Å²) in [7, 11) is 0. The van der Waals surface area contributed by atoms with Gasteiger partial charge in [-0.2, -0.15) is 0 Å². The third-order valence-electron chi connectivity index (χ3n) is 3.71. The highest BCUT2D eigenvalue weighted by molar-refractivity contribution is 5.73. The van der Waals surface area contributed by atoms with Crippen molar-refractivity contribution < 1.29 is 18.7 Å². The molecule has 18 heavy (non-hydrogen) atoms. The molecule has 0 aliphatic heterocycles. The van der Waals surface area contributed by atoms with Crippen LogP contribution in [-0.2, 0) is 4.79 Å². The summed E-state index contributed by atoms with van der Waals surface area (Å²) >= 11 is 0. The Bertz CT molecular complexity index is 253. The minimum atomic E-state index is -2.23. The molecule has 1 atom stereocenters. The molecule has 2 N–H and O–H groups in total. The molecule has 5 heteroatoms. The smallest absolute Gasteiger partial charge is 0.320 e. The molecule has 0 aromatic rings. The molecule has 106 valence electrons. The maximum absolute atomic E-state index is 12.5. The molecule has 0 bridgehead atoms. The monoisotopic (exact) mass is 263 g/mol. The minimum Gasteiger partial charge on any atom is -0.480 e. The Morgan fingerprint density at radius 1 is 1.33 bits per heavy atom. The van der Waals surface area contributed by atoms with Gasteiger partial charge >= 0.3 is 5.97 Å². The van der Waals surface area contributed by atoms with Crippen LogP contribution in [0.25, 0.3) is 0 Å². The van der Waals surface area contributed by atoms with Crippen LogP contribution in [0.15, 0.2) is 0 Å². The number of unbranched alkanes of at least 4 members (excludes halogenated alkanes) is 1. The molecule has 0 aromatic heterocycles. The molecular weight excluding hydrogens is 240 g/mol. The zero-order valence-corrected chi connectivity index (χ0v) is 10.9. The van der Waals surface area contributed by atoms with E-state index in [-0.39, 0.29) is 6.04 Å². The van der Waals surface area contributed by atoms with E-state index < -0.39 is 24.4 Å². The molecule has 1 aliphatic carbocycles. The lowest BCUT2D eigenvalue weighted by molar-refractivity contribution is -0.140. The van der Waals surface area contributed by atoms with Gasteiger partial charge in [0, 0.05) is 12.0 Å². The number of carbonyl (C=O) groups is 1. The second-order valence-corrected chi connectivity index (χ2v) is 5.15. The summed E-state index contributed by atoms with van der Waals surface area (Å²) in [6, 6.07) is -0.448. The lowest BCUT2D eigenvalue weighted by Crippen LogP contribution is -2.45. The Kier molecular flexibility index (Phi) is 6.54. The predicted octanol–water partition coefficient (Wildman–Crippen LogP) is 3.04. The quantitative estimate of drug-likeness (QED) is 0.742. The van der Waals surface area contributed by atoms with Crippen LogP contribution in [0, 0.1) is 5.92 Å². The van der Waals surface area contributed by atoms with E-state index in [9.17, 15) is 13.6 Å². The highest BCUT2D eigenvalue weighted by Gasteiger charge is 2.29. The third-order valence-corrected chi connectivity index (χ3v) is 3.71. The Balaban J connectivity index is 2.35. The molecule has 0 amide bonds. The maximum atomic E-state index is 12.5. The summed E-state index contributed by atoms with van der Waals surface area (Å²) in [6.07, 6.45) is 2.52. The largest absolute Gasteiger partial charge is 0.480 e. The van der Waals surface area contributed by atoms with Crippen molar-refractivity contribution >= 4 is 5.97 Å². The van der Waals surface area contributed by atoms with Crippen LogP contribution >= 0.6 is 0 Å². The van der Waals surface area contributed by atoms with Gasteiger partial charge in [-0.05, 0) is 32.1 Å². The van der Waals surface area contributed by atoms with Gasteiger partial charge in [-0.1, -0.05) is 19.8 Å². The average molecular weight is 263 g/mol. The van der Waals surface area contributed by atoms with Gasteiger partial charge in [0.2, 0.25) is 6.43 Å². The zero-order chi connectivity index (χ0) is 13.5. The number of carboxylic acids is 1. The second kappa shape index (κ2) is 7.67. The summed E-state index contributed by atoms with van der Waals surface area (Å²) in [5, 5.41) is 12.2. The fraction of sp³-hybridized carbons (Fsp3) is 0.923. The van der Waals surface area contributed by atoms with Gasteiger partial charge in [-0.3, -0.25) is 4.79 Å². The molecule has 1 aliphatic rings. The molecule has 3 nitrogen and oxygen atoms in total. The van der Waals surface area contributed by atoms with Crippen molar-refractivity contribution in [2.24, 2.45) is 5.92 Å². The minimum absolute atomic E-state index is 0.0814. The van der Waals surface area contributed by atoms with Crippen molar-refractivity contribution in [1.29, 1.82) is 0 Å². The van der Waals surface area contributed by atoms with Crippen molar-refractivity contribution in [3.63, 3.8) is 0 Å². The Labute approximate surface area is 107 Å². The van der Waals surface area contributed by atoms with Gasteiger partial charge < -0.3 is 10.4 Å². The summed E-state index contributed by atoms with van der Waals surface area (Å²) < 4.78 is 25.0. The lowest BCUT2D eigenvalue weighted by Gasteiger charge is -2.30. The van der Waals surface area contributed by atoms with Crippen LogP contribution in [0.5, 0.6) is 0 Å². The predicted molar refractivity (Wildman–Crippen MR) is 65.8 cm³/mol. The number of aliphatic carboxylic acids is 1. The molecule has 0 spiro atoms. The van der Waals surface area contributed by atoms with Crippen molar-refractivity contribution in [2.75, 3.05) is 0 Å². The van der Waals surface area contributed by atoms with Crippen molar-refractivity contribution in [3.05, 3.63) is 0 Å². The highest BCUT2D eigenvalue weighted by Crippen LogP contribution is 2.29. The van der Waals surface area contributed by atoms with Crippen molar-refractivity contribution in [2.45, 2.75) is 70.4 Å². The fourth-order valence-corrected chi connectivity index (χ4v) is 2.51. The topological polar surface area (TPSA) is 49.3 Å². The highest BCUT2D eigenvalue weighted by atomic mass is 19.3. The average Bonchev–Trinajstić information content (AvgIpc) is 2.34. The van der Waals surface area contributed by atoms with Crippen molar-refractivity contribution in [3.8, 4) is 0 Å². The Morgan fingerprint density at radius 3 is 2.39 bits per heavy atom. The van der Waals surface area contributed by atoms with Gasteiger partial charge in [0.15, 0.2) is 0 Å². The molecule has 0 radical (unpaired) electrons. The molecule has 0 saturated heterocycles. The molecule has 1 saturated carbocycles. The standard InChI is InChI=1S/C13H23F2NO2/c1-2-3-4-11(13(17)18)16-10-7-5-9(6-8-10)12(14)15/h9-12,16H,2-8H2,1H3,(H,17,18)/t9?,10?,11-/m0/s1. The van der Waals surface area contributed by atoms with Crippen LogP contribution < -0.4 is 5.32 Å². The third kappa shape index (κ3) is 4.88. The first-order valence-corrected chi connectivity index (χ1v) is 6.81. The molecule has 1 rings (SSSR count). The van der Waals surface area contributed by atoms with Crippen LogP contribution in [0.3, 0.4) is 0 Å². The van der Waals surface area contributed by atoms with E-state index in [1.54, 1.807) is 0 Å². The second-order valence-electron chi connectivity index (χ2n) is 5.15. The number of rotatable bonds is 7. The summed E-state index contributed by atoms with van der Waals surface area (Å²) in [5.74, 6) is -1.33. The molecule has 0 unspecified atom stereocenters. The number of hydrogen-bond donors (Lipinski definition) is 2. The molecule has 0 aromatic carbocycles. The summed E-state index contributed by atoms with van der Waals surface area (Å²) in [4.78, 5) is 11.1. The summed E-state index contributed by atoms with van der Waals surface area (Å²) in [5.41, 5.74) is 0. The van der Waals surface area contributed by atoms with Gasteiger partial charge in [0.05, 0.1) is 0 Å². The Hall–Kier alpha value is -0.710. The summed E-state index contributed by atoms with van der Waals surface area (Å²) in [6.45, 7) is 2.02. The van der Waals surface area contributed by atoms with Gasteiger partial charge in [0.1, 0.15) is 6.04 Å². The SMILES string of the molecule is CCCC[C@H](NC1CCC(C(F)F)CC1)C(=O)O. The van der Waals surface area contributed by atoms with Gasteiger partial charge in [-0.15, -0.1) is 0 Å². The van der Waals surface area contributed by atoms with E-state index in [0.29, 0.717) is 32.1 Å². The first kappa shape index (κ1) is 15.3. The molecule has 0 heterocycles. The normalized spacial score (nSPS) is 26.2. The van der Waals surface area contributed by atoms with Gasteiger partial charge in [-0.25, -0.2) is 8.78 Å². The van der Waals surface area contributed by atoms with E-state index >= 15 is 0 Å². The van der Waals surface area contributed by atoms with Gasteiger partial charge in [0.25, 0.3) is 0 Å². The Morgan fingerprint density at radius 2 is 1.94 bits per heavy atom. The van der Waals surface area contributed by atoms with Crippen LogP contribution in [-0.4, -0.2) is 29.6 Å². The van der Waals surface area contributed by atoms with E-state index in [1.807, 2.05) is 6.92 Å². The first-order chi connectivity index (χ1) is 8.54. The lowest BCUT2D eigenvalue weighted by atomic mass is 9.86. The molecular formula is C13H23F2NO2. The van der Waals surface area contributed by atoms with E-state index in [4.69, 9.17) is 5.11 Å². The van der Waals surface area contributed by atoms with Crippen LogP contribution in [0.1, 0.15) is 51.9 Å². The van der Waals surface area contributed by atoms with E-state index in [0.717, 1.165) is 12.8 Å². The first-order valence-electron chi connectivity index (χ1n) is 6.81. The molecule has 1 fully saturated rings. The number of nitrogens with one attached hydrogen (secondary N) is 1. The van der Waals surface area contributed by atoms with Crippen LogP contribution in [0.2, 0.25) is 0 Å². The maximum Gasteiger partial charge on any atom is 0.320 e. The fourth-order valence-electron chi connectivity index (χ4n) is 2.51. The number of carboxylic acid groups (broad SMARTS) is 1. The number of alkyl halides is 2.